The number of hydrogen-bond donors (Lipinski definition) is 0. The predicted octanol–water partition coefficient (Wildman–Crippen LogP) is 2.22. The van der Waals surface area contributed by atoms with Gasteiger partial charge in [-0.15, -0.1) is 0 Å². The third-order valence-electron chi connectivity index (χ3n) is 4.41. The lowest BCUT2D eigenvalue weighted by molar-refractivity contribution is 0.0299. The molecule has 0 unspecified atom stereocenters. The molecule has 2 aromatic rings. The van der Waals surface area contributed by atoms with Crippen LogP contribution in [0, 0.1) is 0 Å². The zero-order chi connectivity index (χ0) is 18.4. The van der Waals surface area contributed by atoms with Crippen molar-refractivity contribution in [1.29, 1.82) is 0 Å². The molecule has 6 heteroatoms. The van der Waals surface area contributed by atoms with Gasteiger partial charge in [-0.2, -0.15) is 0 Å². The summed E-state index contributed by atoms with van der Waals surface area (Å²) in [6.45, 7) is 5.23. The number of rotatable bonds is 5. The van der Waals surface area contributed by atoms with Crippen molar-refractivity contribution in [2.75, 3.05) is 32.8 Å². The Morgan fingerprint density at radius 3 is 2.58 bits per heavy atom. The number of amides is 2. The van der Waals surface area contributed by atoms with Crippen molar-refractivity contribution in [3.8, 4) is 0 Å². The van der Waals surface area contributed by atoms with Crippen LogP contribution in [0.5, 0.6) is 0 Å². The second kappa shape index (κ2) is 8.58. The standard InChI is InChI=1S/C20H23N3O3/c1-2-22(15-16-6-4-3-5-7-16)19(24)17-8-9-21-18(14-17)20(25)23-10-12-26-13-11-23/h3-9,14H,2,10-13,15H2,1H3. The van der Waals surface area contributed by atoms with Gasteiger partial charge in [-0.25, -0.2) is 0 Å². The van der Waals surface area contributed by atoms with Crippen molar-refractivity contribution in [3.63, 3.8) is 0 Å². The van der Waals surface area contributed by atoms with Crippen LogP contribution in [0.25, 0.3) is 0 Å². The maximum atomic E-state index is 12.9. The van der Waals surface area contributed by atoms with E-state index in [9.17, 15) is 9.59 Å². The molecular weight excluding hydrogens is 330 g/mol. The van der Waals surface area contributed by atoms with Crippen LogP contribution in [-0.4, -0.2) is 59.4 Å². The molecular formula is C20H23N3O3. The Bertz CT molecular complexity index is 758. The number of aromatic nitrogens is 1. The highest BCUT2D eigenvalue weighted by molar-refractivity contribution is 5.98. The first-order chi connectivity index (χ1) is 12.7. The normalized spacial score (nSPS) is 14.1. The van der Waals surface area contributed by atoms with Crippen LogP contribution in [0.3, 0.4) is 0 Å². The van der Waals surface area contributed by atoms with Gasteiger partial charge in [0.15, 0.2) is 0 Å². The van der Waals surface area contributed by atoms with Crippen LogP contribution < -0.4 is 0 Å². The van der Waals surface area contributed by atoms with E-state index >= 15 is 0 Å². The topological polar surface area (TPSA) is 62.7 Å². The lowest BCUT2D eigenvalue weighted by Crippen LogP contribution is -2.41. The highest BCUT2D eigenvalue weighted by atomic mass is 16.5. The van der Waals surface area contributed by atoms with E-state index in [-0.39, 0.29) is 11.8 Å². The van der Waals surface area contributed by atoms with Gasteiger partial charge in [0, 0.05) is 37.9 Å². The molecule has 26 heavy (non-hydrogen) atoms. The summed E-state index contributed by atoms with van der Waals surface area (Å²) in [6, 6.07) is 13.1. The molecule has 2 heterocycles. The van der Waals surface area contributed by atoms with Gasteiger partial charge in [0.2, 0.25) is 0 Å². The summed E-state index contributed by atoms with van der Waals surface area (Å²) in [5.74, 6) is -0.260. The molecule has 2 amide bonds. The zero-order valence-electron chi connectivity index (χ0n) is 14.9. The van der Waals surface area contributed by atoms with Gasteiger partial charge < -0.3 is 14.5 Å². The van der Waals surface area contributed by atoms with Gasteiger partial charge in [0.1, 0.15) is 5.69 Å². The number of ether oxygens (including phenoxy) is 1. The minimum atomic E-state index is -0.158. The summed E-state index contributed by atoms with van der Waals surface area (Å²) >= 11 is 0. The number of carbonyl (C=O) groups is 2. The molecule has 1 aliphatic rings. The molecule has 6 nitrogen and oxygen atoms in total. The Labute approximate surface area is 153 Å². The van der Waals surface area contributed by atoms with Gasteiger partial charge in [0.05, 0.1) is 13.2 Å². The van der Waals surface area contributed by atoms with Crippen molar-refractivity contribution in [2.45, 2.75) is 13.5 Å². The van der Waals surface area contributed by atoms with Crippen LogP contribution in [0.1, 0.15) is 33.3 Å². The lowest BCUT2D eigenvalue weighted by atomic mass is 10.1. The molecule has 3 rings (SSSR count). The fraction of sp³-hybridized carbons (Fsp3) is 0.350. The first-order valence-corrected chi connectivity index (χ1v) is 8.85. The van der Waals surface area contributed by atoms with Gasteiger partial charge in [-0.1, -0.05) is 30.3 Å². The first kappa shape index (κ1) is 18.1. The maximum Gasteiger partial charge on any atom is 0.272 e. The monoisotopic (exact) mass is 353 g/mol. The largest absolute Gasteiger partial charge is 0.378 e. The van der Waals surface area contributed by atoms with Crippen molar-refractivity contribution < 1.29 is 14.3 Å². The molecule has 1 aromatic heterocycles. The van der Waals surface area contributed by atoms with Crippen molar-refractivity contribution >= 4 is 11.8 Å². The summed E-state index contributed by atoms with van der Waals surface area (Å²) in [5.41, 5.74) is 1.85. The maximum absolute atomic E-state index is 12.9. The van der Waals surface area contributed by atoms with Crippen LogP contribution in [0.2, 0.25) is 0 Å². The van der Waals surface area contributed by atoms with Gasteiger partial charge in [-0.05, 0) is 24.6 Å². The molecule has 0 spiro atoms. The van der Waals surface area contributed by atoms with E-state index < -0.39 is 0 Å². The number of hydrogen-bond acceptors (Lipinski definition) is 4. The minimum Gasteiger partial charge on any atom is -0.378 e. The molecule has 1 aliphatic heterocycles. The summed E-state index contributed by atoms with van der Waals surface area (Å²) in [5, 5.41) is 0. The molecule has 136 valence electrons. The summed E-state index contributed by atoms with van der Waals surface area (Å²) in [6.07, 6.45) is 1.53. The SMILES string of the molecule is CCN(Cc1ccccc1)C(=O)c1ccnc(C(=O)N2CCOCC2)c1. The lowest BCUT2D eigenvalue weighted by Gasteiger charge is -2.26. The number of nitrogens with zero attached hydrogens (tertiary/aromatic N) is 3. The van der Waals surface area contributed by atoms with Crippen LogP contribution in [-0.2, 0) is 11.3 Å². The molecule has 1 fully saturated rings. The Kier molecular flexibility index (Phi) is 5.96. The summed E-state index contributed by atoms with van der Waals surface area (Å²) in [7, 11) is 0. The zero-order valence-corrected chi connectivity index (χ0v) is 14.9. The number of carbonyl (C=O) groups excluding carboxylic acids is 2. The first-order valence-electron chi connectivity index (χ1n) is 8.85. The van der Waals surface area contributed by atoms with Crippen LogP contribution >= 0.6 is 0 Å². The summed E-state index contributed by atoms with van der Waals surface area (Å²) in [4.78, 5) is 33.1. The fourth-order valence-electron chi connectivity index (χ4n) is 2.92. The second-order valence-corrected chi connectivity index (χ2v) is 6.14. The Balaban J connectivity index is 1.75. The van der Waals surface area contributed by atoms with E-state index in [2.05, 4.69) is 4.98 Å². The molecule has 0 aliphatic carbocycles. The third-order valence-corrected chi connectivity index (χ3v) is 4.41. The van der Waals surface area contributed by atoms with Crippen molar-refractivity contribution in [2.24, 2.45) is 0 Å². The van der Waals surface area contributed by atoms with E-state index in [0.717, 1.165) is 5.56 Å². The molecule has 0 bridgehead atoms. The number of pyridine rings is 1. The smallest absolute Gasteiger partial charge is 0.272 e. The predicted molar refractivity (Wildman–Crippen MR) is 97.8 cm³/mol. The average molecular weight is 353 g/mol. The Morgan fingerprint density at radius 2 is 1.88 bits per heavy atom. The average Bonchev–Trinajstić information content (AvgIpc) is 2.72. The highest BCUT2D eigenvalue weighted by Crippen LogP contribution is 2.12. The molecule has 1 saturated heterocycles. The van der Waals surface area contributed by atoms with Gasteiger partial charge in [0.25, 0.3) is 11.8 Å². The van der Waals surface area contributed by atoms with Crippen molar-refractivity contribution in [1.82, 2.24) is 14.8 Å². The molecule has 0 N–H and O–H groups in total. The molecule has 1 aromatic carbocycles. The van der Waals surface area contributed by atoms with E-state index in [4.69, 9.17) is 4.74 Å². The van der Waals surface area contributed by atoms with E-state index in [0.29, 0.717) is 50.7 Å². The van der Waals surface area contributed by atoms with Gasteiger partial charge >= 0.3 is 0 Å². The van der Waals surface area contributed by atoms with E-state index in [1.807, 2.05) is 37.3 Å². The molecule has 0 atom stereocenters. The number of benzene rings is 1. The fourth-order valence-corrected chi connectivity index (χ4v) is 2.92. The Morgan fingerprint density at radius 1 is 1.15 bits per heavy atom. The summed E-state index contributed by atoms with van der Waals surface area (Å²) < 4.78 is 5.28. The van der Waals surface area contributed by atoms with Crippen LogP contribution in [0.4, 0.5) is 0 Å². The minimum absolute atomic E-state index is 0.102. The third kappa shape index (κ3) is 4.26. The molecule has 0 saturated carbocycles. The van der Waals surface area contributed by atoms with Gasteiger partial charge in [-0.3, -0.25) is 14.6 Å². The Hall–Kier alpha value is -2.73. The van der Waals surface area contributed by atoms with E-state index in [1.54, 1.807) is 21.9 Å². The molecule has 0 radical (unpaired) electrons. The van der Waals surface area contributed by atoms with E-state index in [1.165, 1.54) is 6.20 Å². The quantitative estimate of drug-likeness (QED) is 0.827. The van der Waals surface area contributed by atoms with Crippen molar-refractivity contribution in [3.05, 3.63) is 65.5 Å². The highest BCUT2D eigenvalue weighted by Gasteiger charge is 2.22. The second-order valence-electron chi connectivity index (χ2n) is 6.14. The number of morpholine rings is 1. The van der Waals surface area contributed by atoms with Crippen LogP contribution in [0.15, 0.2) is 48.7 Å².